The zero-order chi connectivity index (χ0) is 20.8. The number of carbonyl (C=O) groups is 1. The fraction of sp³-hybridized carbons (Fsp3) is 0.409. The molecule has 2 aromatic carbocycles. The van der Waals surface area contributed by atoms with Crippen LogP contribution in [0.25, 0.3) is 0 Å². The Labute approximate surface area is 171 Å². The molecular weight excluding hydrogens is 390 g/mol. The molecule has 1 aliphatic carbocycles. The number of fused-ring (bicyclic) bond motifs is 1. The largest absolute Gasteiger partial charge is 0.507 e. The van der Waals surface area contributed by atoms with Crippen LogP contribution in [-0.4, -0.2) is 32.6 Å². The molecule has 0 aromatic heterocycles. The van der Waals surface area contributed by atoms with E-state index in [4.69, 9.17) is 0 Å². The maximum Gasteiger partial charge on any atom is 0.341 e. The van der Waals surface area contributed by atoms with Crippen molar-refractivity contribution < 1.29 is 23.1 Å². The first kappa shape index (κ1) is 19.8. The number of aryl methyl sites for hydroxylation is 2. The Morgan fingerprint density at radius 1 is 1.17 bits per heavy atom. The minimum Gasteiger partial charge on any atom is -0.507 e. The molecule has 2 aliphatic rings. The third-order valence-corrected chi connectivity index (χ3v) is 7.73. The number of hydrogen-bond acceptors (Lipinski definition) is 5. The van der Waals surface area contributed by atoms with Crippen molar-refractivity contribution in [2.45, 2.75) is 50.0 Å². The summed E-state index contributed by atoms with van der Waals surface area (Å²) in [7, 11) is -2.72. The van der Waals surface area contributed by atoms with Crippen LogP contribution in [0.5, 0.6) is 5.75 Å². The summed E-state index contributed by atoms with van der Waals surface area (Å²) < 4.78 is 33.7. The van der Waals surface area contributed by atoms with Crippen LogP contribution >= 0.6 is 0 Å². The van der Waals surface area contributed by atoms with Crippen molar-refractivity contribution in [3.63, 3.8) is 0 Å². The first-order valence-electron chi connectivity index (χ1n) is 9.94. The van der Waals surface area contributed by atoms with Crippen LogP contribution in [0.15, 0.2) is 41.3 Å². The quantitative estimate of drug-likeness (QED) is 0.754. The molecule has 1 N–H and O–H groups in total. The van der Waals surface area contributed by atoms with Crippen LogP contribution in [0.1, 0.15) is 47.7 Å². The van der Waals surface area contributed by atoms with Gasteiger partial charge in [0.15, 0.2) is 0 Å². The first-order chi connectivity index (χ1) is 13.9. The minimum atomic E-state index is -3.92. The normalized spacial score (nSPS) is 19.0. The maximum absolute atomic E-state index is 13.7. The highest BCUT2D eigenvalue weighted by Gasteiger charge is 2.44. The van der Waals surface area contributed by atoms with Gasteiger partial charge >= 0.3 is 5.97 Å². The predicted octanol–water partition coefficient (Wildman–Crippen LogP) is 3.66. The van der Waals surface area contributed by atoms with Gasteiger partial charge in [-0.25, -0.2) is 13.2 Å². The number of ether oxygens (including phenoxy) is 1. The van der Waals surface area contributed by atoms with Crippen LogP contribution in [0.2, 0.25) is 0 Å². The number of phenolic OH excluding ortho intramolecular Hbond substituents is 1. The van der Waals surface area contributed by atoms with Crippen molar-refractivity contribution in [2.24, 2.45) is 5.92 Å². The van der Waals surface area contributed by atoms with E-state index in [-0.39, 0.29) is 22.3 Å². The van der Waals surface area contributed by atoms with Crippen LogP contribution < -0.4 is 4.31 Å². The monoisotopic (exact) mass is 415 g/mol. The van der Waals surface area contributed by atoms with Gasteiger partial charge in [-0.05, 0) is 73.4 Å². The highest BCUT2D eigenvalue weighted by molar-refractivity contribution is 7.92. The molecule has 154 valence electrons. The number of benzene rings is 2. The molecule has 0 radical (unpaired) electrons. The Morgan fingerprint density at radius 2 is 1.93 bits per heavy atom. The van der Waals surface area contributed by atoms with Crippen molar-refractivity contribution in [2.75, 3.05) is 11.4 Å². The van der Waals surface area contributed by atoms with Gasteiger partial charge in [0, 0.05) is 6.04 Å². The Bertz CT molecular complexity index is 1060. The molecule has 0 unspecified atom stereocenters. The number of carbonyl (C=O) groups excluding carboxylic acids is 1. The SMILES string of the molecule is CCc1ccc2c(c1)CC[C@@H](C1CC1)N2S(=O)(=O)c1ccc(O)c(C(=O)OC)c1. The molecule has 4 rings (SSSR count). The van der Waals surface area contributed by atoms with E-state index in [1.54, 1.807) is 4.31 Å². The fourth-order valence-corrected chi connectivity index (χ4v) is 5.96. The fourth-order valence-electron chi connectivity index (χ4n) is 4.15. The molecule has 0 spiro atoms. The molecule has 1 saturated carbocycles. The van der Waals surface area contributed by atoms with E-state index in [1.165, 1.54) is 30.9 Å². The number of aromatic hydroxyl groups is 1. The maximum atomic E-state index is 13.7. The second-order valence-electron chi connectivity index (χ2n) is 7.73. The lowest BCUT2D eigenvalue weighted by molar-refractivity contribution is 0.0597. The Hall–Kier alpha value is -2.54. The van der Waals surface area contributed by atoms with Gasteiger partial charge in [-0.2, -0.15) is 0 Å². The van der Waals surface area contributed by atoms with E-state index < -0.39 is 16.0 Å². The molecule has 0 amide bonds. The molecule has 7 heteroatoms. The summed E-state index contributed by atoms with van der Waals surface area (Å²) >= 11 is 0. The molecule has 0 bridgehead atoms. The van der Waals surface area contributed by atoms with E-state index in [1.807, 2.05) is 12.1 Å². The van der Waals surface area contributed by atoms with E-state index in [9.17, 15) is 18.3 Å². The average Bonchev–Trinajstić information content (AvgIpc) is 3.57. The van der Waals surface area contributed by atoms with Crippen molar-refractivity contribution in [3.8, 4) is 5.75 Å². The summed E-state index contributed by atoms with van der Waals surface area (Å²) in [6, 6.07) is 9.67. The molecule has 29 heavy (non-hydrogen) atoms. The zero-order valence-corrected chi connectivity index (χ0v) is 17.4. The summed E-state index contributed by atoms with van der Waals surface area (Å²) in [5, 5.41) is 9.97. The van der Waals surface area contributed by atoms with Gasteiger partial charge in [0.1, 0.15) is 11.3 Å². The molecule has 1 aliphatic heterocycles. The third kappa shape index (κ3) is 3.48. The number of rotatable bonds is 5. The standard InChI is InChI=1S/C22H25NO5S/c1-3-14-4-9-20-16(12-14)7-10-19(15-5-6-15)23(20)29(26,27)17-8-11-21(24)18(13-17)22(25)28-2/h4,8-9,11-13,15,19,24H,3,5-7,10H2,1-2H3/t19-/m0/s1. The Balaban J connectivity index is 1.83. The smallest absolute Gasteiger partial charge is 0.341 e. The van der Waals surface area contributed by atoms with Crippen LogP contribution in [0.3, 0.4) is 0 Å². The van der Waals surface area contributed by atoms with Crippen LogP contribution in [0, 0.1) is 5.92 Å². The molecule has 1 fully saturated rings. The van der Waals surface area contributed by atoms with E-state index in [0.717, 1.165) is 43.4 Å². The number of methoxy groups -OCH3 is 1. The third-order valence-electron chi connectivity index (χ3n) is 5.90. The second kappa shape index (κ2) is 7.37. The lowest BCUT2D eigenvalue weighted by Gasteiger charge is -2.38. The van der Waals surface area contributed by atoms with Crippen molar-refractivity contribution in [1.82, 2.24) is 0 Å². The zero-order valence-electron chi connectivity index (χ0n) is 16.6. The molecule has 0 saturated heterocycles. The van der Waals surface area contributed by atoms with Crippen molar-refractivity contribution in [3.05, 3.63) is 53.1 Å². The molecule has 1 heterocycles. The van der Waals surface area contributed by atoms with Gasteiger partial charge < -0.3 is 9.84 Å². The Kier molecular flexibility index (Phi) is 5.02. The summed E-state index contributed by atoms with van der Waals surface area (Å²) in [5.74, 6) is -0.716. The number of esters is 1. The molecule has 2 aromatic rings. The van der Waals surface area contributed by atoms with E-state index >= 15 is 0 Å². The summed E-state index contributed by atoms with van der Waals surface area (Å²) in [5.41, 5.74) is 2.79. The molecule has 1 atom stereocenters. The van der Waals surface area contributed by atoms with Gasteiger partial charge in [-0.3, -0.25) is 4.31 Å². The summed E-state index contributed by atoms with van der Waals surface area (Å²) in [4.78, 5) is 11.9. The van der Waals surface area contributed by atoms with Gasteiger partial charge in [-0.15, -0.1) is 0 Å². The predicted molar refractivity (Wildman–Crippen MR) is 110 cm³/mol. The van der Waals surface area contributed by atoms with Gasteiger partial charge in [-0.1, -0.05) is 19.1 Å². The van der Waals surface area contributed by atoms with E-state index in [0.29, 0.717) is 5.92 Å². The highest BCUT2D eigenvalue weighted by atomic mass is 32.2. The first-order valence-corrected chi connectivity index (χ1v) is 11.4. The summed E-state index contributed by atoms with van der Waals surface area (Å²) in [6.07, 6.45) is 4.60. The topological polar surface area (TPSA) is 83.9 Å². The molecular formula is C22H25NO5S. The molecule has 6 nitrogen and oxygen atoms in total. The number of phenols is 1. The lowest BCUT2D eigenvalue weighted by atomic mass is 9.93. The van der Waals surface area contributed by atoms with Gasteiger partial charge in [0.2, 0.25) is 0 Å². The van der Waals surface area contributed by atoms with Crippen molar-refractivity contribution in [1.29, 1.82) is 0 Å². The number of nitrogens with zero attached hydrogens (tertiary/aromatic N) is 1. The summed E-state index contributed by atoms with van der Waals surface area (Å²) in [6.45, 7) is 2.08. The van der Waals surface area contributed by atoms with E-state index in [2.05, 4.69) is 17.7 Å². The Morgan fingerprint density at radius 3 is 2.59 bits per heavy atom. The number of anilines is 1. The highest BCUT2D eigenvalue weighted by Crippen LogP contribution is 2.45. The number of hydrogen-bond donors (Lipinski definition) is 1. The van der Waals surface area contributed by atoms with Gasteiger partial charge in [0.25, 0.3) is 10.0 Å². The van der Waals surface area contributed by atoms with Crippen molar-refractivity contribution >= 4 is 21.7 Å². The van der Waals surface area contributed by atoms with Crippen LogP contribution in [0.4, 0.5) is 5.69 Å². The lowest BCUT2D eigenvalue weighted by Crippen LogP contribution is -2.45. The average molecular weight is 416 g/mol. The van der Waals surface area contributed by atoms with Gasteiger partial charge in [0.05, 0.1) is 17.7 Å². The number of sulfonamides is 1. The second-order valence-corrected chi connectivity index (χ2v) is 9.55. The minimum absolute atomic E-state index is 0.0197. The van der Waals surface area contributed by atoms with Crippen LogP contribution in [-0.2, 0) is 27.6 Å².